The zero-order valence-electron chi connectivity index (χ0n) is 12.3. The molecule has 1 aromatic rings. The van der Waals surface area contributed by atoms with Crippen LogP contribution in [-0.2, 0) is 9.47 Å². The molecule has 0 aliphatic heterocycles. The van der Waals surface area contributed by atoms with Crippen molar-refractivity contribution in [2.24, 2.45) is 5.92 Å². The molecule has 0 aliphatic carbocycles. The van der Waals surface area contributed by atoms with Gasteiger partial charge < -0.3 is 9.47 Å². The molecule has 0 radical (unpaired) electrons. The molecule has 2 nitrogen and oxygen atoms in total. The third-order valence-corrected chi connectivity index (χ3v) is 3.29. The minimum atomic E-state index is 0.00172. The fourth-order valence-electron chi connectivity index (χ4n) is 2.28. The van der Waals surface area contributed by atoms with Crippen LogP contribution < -0.4 is 0 Å². The highest BCUT2D eigenvalue weighted by Gasteiger charge is 2.24. The molecule has 0 unspecified atom stereocenters. The van der Waals surface area contributed by atoms with Gasteiger partial charge in [-0.1, -0.05) is 61.6 Å². The van der Waals surface area contributed by atoms with Crippen LogP contribution in [0.25, 0.3) is 6.08 Å². The van der Waals surface area contributed by atoms with E-state index in [-0.39, 0.29) is 18.1 Å². The van der Waals surface area contributed by atoms with Crippen LogP contribution in [0.15, 0.2) is 48.6 Å². The molecule has 1 rings (SSSR count). The Kier molecular flexibility index (Phi) is 6.54. The van der Waals surface area contributed by atoms with E-state index in [0.717, 1.165) is 5.57 Å². The Balaban J connectivity index is 2.77. The van der Waals surface area contributed by atoms with E-state index in [9.17, 15) is 0 Å². The van der Waals surface area contributed by atoms with Gasteiger partial charge in [0.15, 0.2) is 0 Å². The highest BCUT2D eigenvalue weighted by atomic mass is 16.5. The molecule has 0 N–H and O–H groups in total. The average Bonchev–Trinajstić information content (AvgIpc) is 2.41. The maximum atomic E-state index is 5.56. The fraction of sp³-hybridized carbons (Fsp3) is 0.412. The lowest BCUT2D eigenvalue weighted by Crippen LogP contribution is -2.31. The van der Waals surface area contributed by atoms with Crippen molar-refractivity contribution in [3.05, 3.63) is 54.1 Å². The second-order valence-corrected chi connectivity index (χ2v) is 4.83. The summed E-state index contributed by atoms with van der Waals surface area (Å²) < 4.78 is 11.1. The summed E-state index contributed by atoms with van der Waals surface area (Å²) in [7, 11) is 3.44. The van der Waals surface area contributed by atoms with Crippen molar-refractivity contribution in [2.45, 2.75) is 26.1 Å². The fourth-order valence-corrected chi connectivity index (χ4v) is 2.28. The molecule has 0 aromatic heterocycles. The maximum Gasteiger partial charge on any atom is 0.0829 e. The van der Waals surface area contributed by atoms with E-state index < -0.39 is 0 Å². The molecule has 0 saturated carbocycles. The molecule has 0 fully saturated rings. The van der Waals surface area contributed by atoms with Crippen LogP contribution in [-0.4, -0.2) is 26.4 Å². The van der Waals surface area contributed by atoms with Crippen LogP contribution in [0.4, 0.5) is 0 Å². The van der Waals surface area contributed by atoms with Gasteiger partial charge in [-0.15, -0.1) is 0 Å². The second kappa shape index (κ2) is 7.93. The van der Waals surface area contributed by atoms with Crippen molar-refractivity contribution in [3.8, 4) is 0 Å². The molecule has 0 aliphatic rings. The van der Waals surface area contributed by atoms with E-state index in [1.807, 2.05) is 25.1 Å². The first kappa shape index (κ1) is 15.7. The predicted molar refractivity (Wildman–Crippen MR) is 81.0 cm³/mol. The van der Waals surface area contributed by atoms with Gasteiger partial charge >= 0.3 is 0 Å². The molecule has 3 atom stereocenters. The van der Waals surface area contributed by atoms with Gasteiger partial charge in [-0.05, 0) is 12.5 Å². The monoisotopic (exact) mass is 260 g/mol. The minimum Gasteiger partial charge on any atom is -0.377 e. The summed E-state index contributed by atoms with van der Waals surface area (Å²) in [6.45, 7) is 8.08. The van der Waals surface area contributed by atoms with E-state index in [2.05, 4.69) is 37.8 Å². The summed E-state index contributed by atoms with van der Waals surface area (Å²) in [4.78, 5) is 0. The Morgan fingerprint density at radius 3 is 2.26 bits per heavy atom. The van der Waals surface area contributed by atoms with Crippen molar-refractivity contribution >= 4 is 6.08 Å². The largest absolute Gasteiger partial charge is 0.377 e. The van der Waals surface area contributed by atoms with Crippen molar-refractivity contribution in [1.82, 2.24) is 0 Å². The maximum absolute atomic E-state index is 5.56. The quantitative estimate of drug-likeness (QED) is 0.691. The van der Waals surface area contributed by atoms with Gasteiger partial charge in [0.25, 0.3) is 0 Å². The van der Waals surface area contributed by atoms with E-state index in [4.69, 9.17) is 9.47 Å². The van der Waals surface area contributed by atoms with Crippen molar-refractivity contribution < 1.29 is 9.47 Å². The van der Waals surface area contributed by atoms with Crippen molar-refractivity contribution in [2.75, 3.05) is 14.2 Å². The molecule has 104 valence electrons. The number of hydrogen-bond donors (Lipinski definition) is 0. The first-order valence-corrected chi connectivity index (χ1v) is 6.54. The summed E-state index contributed by atoms with van der Waals surface area (Å²) in [5, 5.41) is 0. The lowest BCUT2D eigenvalue weighted by atomic mass is 9.93. The smallest absolute Gasteiger partial charge is 0.0829 e. The van der Waals surface area contributed by atoms with Crippen LogP contribution in [0.5, 0.6) is 0 Å². The topological polar surface area (TPSA) is 18.5 Å². The van der Waals surface area contributed by atoms with Gasteiger partial charge in [0.05, 0.1) is 12.2 Å². The summed E-state index contributed by atoms with van der Waals surface area (Å²) in [6.07, 6.45) is 4.16. The Hall–Kier alpha value is -1.38. The minimum absolute atomic E-state index is 0.00172. The number of methoxy groups -OCH3 is 2. The number of hydrogen-bond acceptors (Lipinski definition) is 2. The summed E-state index contributed by atoms with van der Waals surface area (Å²) in [5.41, 5.74) is 2.19. The molecule has 2 heteroatoms. The standard InChI is InChI=1S/C17H24O2/c1-13(2)17(19-5)14(3)16(18-4)12-11-15-9-7-6-8-10-15/h6-12,14,16-17H,1H2,2-5H3/b12-11+/t14-,16+,17+/m1/s1. The molecule has 0 saturated heterocycles. The number of benzene rings is 1. The van der Waals surface area contributed by atoms with Crippen molar-refractivity contribution in [3.63, 3.8) is 0 Å². The molecule has 0 bridgehead atoms. The Labute approximate surface area is 116 Å². The molecule has 0 spiro atoms. The van der Waals surface area contributed by atoms with E-state index in [0.29, 0.717) is 0 Å². The molecule has 1 aromatic carbocycles. The van der Waals surface area contributed by atoms with Gasteiger partial charge in [-0.3, -0.25) is 0 Å². The summed E-state index contributed by atoms with van der Waals surface area (Å²) in [6, 6.07) is 10.2. The second-order valence-electron chi connectivity index (χ2n) is 4.83. The third-order valence-electron chi connectivity index (χ3n) is 3.29. The number of rotatable bonds is 7. The van der Waals surface area contributed by atoms with Crippen LogP contribution >= 0.6 is 0 Å². The van der Waals surface area contributed by atoms with E-state index in [1.54, 1.807) is 14.2 Å². The zero-order chi connectivity index (χ0) is 14.3. The Morgan fingerprint density at radius 1 is 1.16 bits per heavy atom. The molecule has 0 heterocycles. The van der Waals surface area contributed by atoms with Crippen LogP contribution in [0.1, 0.15) is 19.4 Å². The van der Waals surface area contributed by atoms with E-state index in [1.165, 1.54) is 5.56 Å². The Morgan fingerprint density at radius 2 is 1.79 bits per heavy atom. The highest BCUT2D eigenvalue weighted by Crippen LogP contribution is 2.21. The predicted octanol–water partition coefficient (Wildman–Crippen LogP) is 3.94. The van der Waals surface area contributed by atoms with Crippen LogP contribution in [0, 0.1) is 5.92 Å². The average molecular weight is 260 g/mol. The number of ether oxygens (including phenoxy) is 2. The summed E-state index contributed by atoms with van der Waals surface area (Å²) in [5.74, 6) is 0.215. The van der Waals surface area contributed by atoms with Gasteiger partial charge in [0.2, 0.25) is 0 Å². The molecule has 0 amide bonds. The SMILES string of the molecule is C=C(C)[C@H](OC)[C@H](C)[C@H](/C=C/c1ccccc1)OC. The van der Waals surface area contributed by atoms with Gasteiger partial charge in [0.1, 0.15) is 0 Å². The molecular formula is C17H24O2. The summed E-state index contributed by atoms with van der Waals surface area (Å²) >= 11 is 0. The zero-order valence-corrected chi connectivity index (χ0v) is 12.3. The third kappa shape index (κ3) is 4.66. The lowest BCUT2D eigenvalue weighted by Gasteiger charge is -2.27. The van der Waals surface area contributed by atoms with Crippen LogP contribution in [0.2, 0.25) is 0 Å². The van der Waals surface area contributed by atoms with Gasteiger partial charge in [-0.2, -0.15) is 0 Å². The van der Waals surface area contributed by atoms with E-state index >= 15 is 0 Å². The first-order chi connectivity index (χ1) is 9.10. The molecular weight excluding hydrogens is 236 g/mol. The molecule has 19 heavy (non-hydrogen) atoms. The Bertz CT molecular complexity index is 409. The van der Waals surface area contributed by atoms with Gasteiger partial charge in [0, 0.05) is 20.1 Å². The van der Waals surface area contributed by atoms with Crippen LogP contribution in [0.3, 0.4) is 0 Å². The van der Waals surface area contributed by atoms with Crippen molar-refractivity contribution in [1.29, 1.82) is 0 Å². The highest BCUT2D eigenvalue weighted by molar-refractivity contribution is 5.49. The first-order valence-electron chi connectivity index (χ1n) is 6.54. The lowest BCUT2D eigenvalue weighted by molar-refractivity contribution is 0.0127. The normalized spacial score (nSPS) is 16.2. The van der Waals surface area contributed by atoms with Gasteiger partial charge in [-0.25, -0.2) is 0 Å².